The summed E-state index contributed by atoms with van der Waals surface area (Å²) in [6.45, 7) is 6.51. The maximum Gasteiger partial charge on any atom is 0.251 e. The fraction of sp³-hybridized carbons (Fsp3) is 0.318. The molecule has 1 amide bonds. The Morgan fingerprint density at radius 3 is 2.12 bits per heavy atom. The smallest absolute Gasteiger partial charge is 0.251 e. The first-order valence-electron chi connectivity index (χ1n) is 9.06. The first-order valence-corrected chi connectivity index (χ1v) is 9.06. The van der Waals surface area contributed by atoms with Crippen LogP contribution < -0.4 is 10.2 Å². The zero-order valence-electron chi connectivity index (χ0n) is 14.9. The summed E-state index contributed by atoms with van der Waals surface area (Å²) in [4.78, 5) is 14.6. The average Bonchev–Trinajstić information content (AvgIpc) is 2.96. The van der Waals surface area contributed by atoms with Gasteiger partial charge in [0.25, 0.3) is 5.91 Å². The molecule has 0 aromatic heterocycles. The summed E-state index contributed by atoms with van der Waals surface area (Å²) in [5.41, 5.74) is 4.74. The van der Waals surface area contributed by atoms with Gasteiger partial charge < -0.3 is 10.2 Å². The highest BCUT2D eigenvalue weighted by Crippen LogP contribution is 2.27. The maximum absolute atomic E-state index is 12.1. The molecular formula is C22H26N2O. The number of rotatable bonds is 4. The number of carbonyl (C=O) groups is 1. The van der Waals surface area contributed by atoms with E-state index in [9.17, 15) is 4.79 Å². The Hall–Kier alpha value is -2.55. The Morgan fingerprint density at radius 2 is 1.52 bits per heavy atom. The Labute approximate surface area is 150 Å². The molecule has 1 fully saturated rings. The molecule has 2 aromatic rings. The van der Waals surface area contributed by atoms with Gasteiger partial charge in [-0.1, -0.05) is 49.8 Å². The van der Waals surface area contributed by atoms with Crippen molar-refractivity contribution in [1.82, 2.24) is 5.32 Å². The van der Waals surface area contributed by atoms with E-state index >= 15 is 0 Å². The van der Waals surface area contributed by atoms with Crippen molar-refractivity contribution in [2.45, 2.75) is 25.7 Å². The van der Waals surface area contributed by atoms with E-state index in [-0.39, 0.29) is 5.91 Å². The van der Waals surface area contributed by atoms with E-state index in [0.29, 0.717) is 5.56 Å². The standard InChI is InChI=1S/C22H26N2O/c1-17(20-9-5-6-10-21(20)22(25)23-2)18-11-13-19(14-12-18)24-15-7-3-4-8-16-24/h5-6,9-14H,1,3-4,7-8,15-16H2,2H3,(H,23,25). The van der Waals surface area contributed by atoms with Crippen LogP contribution in [0.5, 0.6) is 0 Å². The highest BCUT2D eigenvalue weighted by Gasteiger charge is 2.14. The molecule has 0 bridgehead atoms. The van der Waals surface area contributed by atoms with Crippen molar-refractivity contribution in [1.29, 1.82) is 0 Å². The van der Waals surface area contributed by atoms with Gasteiger partial charge in [0.05, 0.1) is 0 Å². The SMILES string of the molecule is C=C(c1ccc(N2CCCCCC2)cc1)c1ccccc1C(=O)NC. The molecule has 3 heteroatoms. The van der Waals surface area contributed by atoms with Gasteiger partial charge in [0.1, 0.15) is 0 Å². The number of amides is 1. The van der Waals surface area contributed by atoms with Gasteiger partial charge in [-0.25, -0.2) is 0 Å². The first-order chi connectivity index (χ1) is 12.2. The molecule has 0 unspecified atom stereocenters. The van der Waals surface area contributed by atoms with Gasteiger partial charge in [-0.05, 0) is 47.7 Å². The van der Waals surface area contributed by atoms with E-state index in [4.69, 9.17) is 0 Å². The maximum atomic E-state index is 12.1. The second-order valence-corrected chi connectivity index (χ2v) is 6.55. The molecule has 3 rings (SSSR count). The topological polar surface area (TPSA) is 32.3 Å². The minimum Gasteiger partial charge on any atom is -0.372 e. The Balaban J connectivity index is 1.83. The second-order valence-electron chi connectivity index (χ2n) is 6.55. The number of hydrogen-bond acceptors (Lipinski definition) is 2. The molecule has 1 heterocycles. The molecule has 0 aliphatic carbocycles. The van der Waals surface area contributed by atoms with E-state index < -0.39 is 0 Å². The second kappa shape index (κ2) is 8.02. The minimum atomic E-state index is -0.0852. The van der Waals surface area contributed by atoms with E-state index in [1.54, 1.807) is 7.05 Å². The zero-order valence-corrected chi connectivity index (χ0v) is 14.9. The van der Waals surface area contributed by atoms with Gasteiger partial charge in [0.15, 0.2) is 0 Å². The van der Waals surface area contributed by atoms with Gasteiger partial charge in [-0.3, -0.25) is 4.79 Å². The Bertz CT molecular complexity index is 741. The van der Waals surface area contributed by atoms with E-state index in [1.165, 1.54) is 31.4 Å². The largest absolute Gasteiger partial charge is 0.372 e. The van der Waals surface area contributed by atoms with Gasteiger partial charge in [-0.15, -0.1) is 0 Å². The molecule has 25 heavy (non-hydrogen) atoms. The molecule has 1 aliphatic rings. The first kappa shape index (κ1) is 17.3. The van der Waals surface area contributed by atoms with Gasteiger partial charge in [0.2, 0.25) is 0 Å². The van der Waals surface area contributed by atoms with Crippen LogP contribution in [0.1, 0.15) is 47.2 Å². The van der Waals surface area contributed by atoms with Gasteiger partial charge in [-0.2, -0.15) is 0 Å². The Morgan fingerprint density at radius 1 is 0.920 bits per heavy atom. The third-order valence-electron chi connectivity index (χ3n) is 4.91. The molecule has 1 aliphatic heterocycles. The van der Waals surface area contributed by atoms with Crippen LogP contribution in [0.4, 0.5) is 5.69 Å². The van der Waals surface area contributed by atoms with Crippen LogP contribution in [0.25, 0.3) is 5.57 Å². The van der Waals surface area contributed by atoms with Crippen molar-refractivity contribution >= 4 is 17.2 Å². The molecule has 0 atom stereocenters. The van der Waals surface area contributed by atoms with Crippen molar-refractivity contribution in [2.24, 2.45) is 0 Å². The summed E-state index contributed by atoms with van der Waals surface area (Å²) in [7, 11) is 1.65. The summed E-state index contributed by atoms with van der Waals surface area (Å²) in [6, 6.07) is 16.2. The molecule has 130 valence electrons. The zero-order chi connectivity index (χ0) is 17.6. The summed E-state index contributed by atoms with van der Waals surface area (Å²) >= 11 is 0. The summed E-state index contributed by atoms with van der Waals surface area (Å²) in [6.07, 6.45) is 5.21. The van der Waals surface area contributed by atoms with Crippen molar-refractivity contribution in [2.75, 3.05) is 25.0 Å². The van der Waals surface area contributed by atoms with Crippen LogP contribution in [0.2, 0.25) is 0 Å². The molecule has 0 saturated carbocycles. The minimum absolute atomic E-state index is 0.0852. The molecule has 0 radical (unpaired) electrons. The normalized spacial score (nSPS) is 14.7. The van der Waals surface area contributed by atoms with Crippen LogP contribution >= 0.6 is 0 Å². The number of carbonyl (C=O) groups excluding carboxylic acids is 1. The predicted octanol–water partition coefficient (Wildman–Crippen LogP) is 4.49. The average molecular weight is 334 g/mol. The number of anilines is 1. The van der Waals surface area contributed by atoms with Gasteiger partial charge >= 0.3 is 0 Å². The van der Waals surface area contributed by atoms with Crippen molar-refractivity contribution in [3.63, 3.8) is 0 Å². The molecule has 3 nitrogen and oxygen atoms in total. The number of nitrogens with zero attached hydrogens (tertiary/aromatic N) is 1. The van der Waals surface area contributed by atoms with E-state index in [1.807, 2.05) is 24.3 Å². The van der Waals surface area contributed by atoms with Crippen LogP contribution in [-0.2, 0) is 0 Å². The van der Waals surface area contributed by atoms with Crippen molar-refractivity contribution < 1.29 is 4.79 Å². The molecule has 1 saturated heterocycles. The lowest BCUT2D eigenvalue weighted by Crippen LogP contribution is -2.23. The highest BCUT2D eigenvalue weighted by molar-refractivity contribution is 6.00. The van der Waals surface area contributed by atoms with Crippen LogP contribution in [0.3, 0.4) is 0 Å². The fourth-order valence-corrected chi connectivity index (χ4v) is 3.44. The van der Waals surface area contributed by atoms with Crippen molar-refractivity contribution in [3.05, 3.63) is 71.8 Å². The molecule has 2 aromatic carbocycles. The lowest BCUT2D eigenvalue weighted by atomic mass is 9.94. The third-order valence-corrected chi connectivity index (χ3v) is 4.91. The summed E-state index contributed by atoms with van der Waals surface area (Å²) in [5, 5.41) is 2.70. The molecule has 0 spiro atoms. The molecular weight excluding hydrogens is 308 g/mol. The lowest BCUT2D eigenvalue weighted by Gasteiger charge is -2.23. The number of benzene rings is 2. The number of hydrogen-bond donors (Lipinski definition) is 1. The lowest BCUT2D eigenvalue weighted by molar-refractivity contribution is 0.0963. The van der Waals surface area contributed by atoms with Crippen molar-refractivity contribution in [3.8, 4) is 0 Å². The monoisotopic (exact) mass is 334 g/mol. The fourth-order valence-electron chi connectivity index (χ4n) is 3.44. The quantitative estimate of drug-likeness (QED) is 0.893. The molecule has 1 N–H and O–H groups in total. The third kappa shape index (κ3) is 3.93. The number of nitrogens with one attached hydrogen (secondary N) is 1. The van der Waals surface area contributed by atoms with E-state index in [2.05, 4.69) is 41.1 Å². The van der Waals surface area contributed by atoms with Crippen LogP contribution in [-0.4, -0.2) is 26.0 Å². The van der Waals surface area contributed by atoms with Crippen LogP contribution in [0, 0.1) is 0 Å². The van der Waals surface area contributed by atoms with Crippen LogP contribution in [0.15, 0.2) is 55.1 Å². The highest BCUT2D eigenvalue weighted by atomic mass is 16.1. The summed E-state index contributed by atoms with van der Waals surface area (Å²) < 4.78 is 0. The predicted molar refractivity (Wildman–Crippen MR) is 105 cm³/mol. The summed E-state index contributed by atoms with van der Waals surface area (Å²) in [5.74, 6) is -0.0852. The van der Waals surface area contributed by atoms with E-state index in [0.717, 1.165) is 29.8 Å². The van der Waals surface area contributed by atoms with Gasteiger partial charge in [0, 0.05) is 31.4 Å². The Kier molecular flexibility index (Phi) is 5.54.